The molecule has 0 saturated carbocycles. The summed E-state index contributed by atoms with van der Waals surface area (Å²) in [5, 5.41) is 2.24. The molecule has 0 spiro atoms. The van der Waals surface area contributed by atoms with Gasteiger partial charge in [0, 0.05) is 39.2 Å². The Hall–Kier alpha value is -8.47. The highest BCUT2D eigenvalue weighted by Gasteiger charge is 2.32. The third kappa shape index (κ3) is 7.86. The molecule has 344 valence electrons. The van der Waals surface area contributed by atoms with Crippen molar-refractivity contribution in [1.29, 1.82) is 0 Å². The van der Waals surface area contributed by atoms with Gasteiger partial charge in [-0.05, 0) is 131 Å². The Balaban J connectivity index is 1.03. The zero-order chi connectivity index (χ0) is 56.9. The van der Waals surface area contributed by atoms with Crippen molar-refractivity contribution < 1.29 is 13.7 Å². The van der Waals surface area contributed by atoms with Crippen LogP contribution in [0.4, 0.5) is 22.7 Å². The molecule has 0 bridgehead atoms. The summed E-state index contributed by atoms with van der Waals surface area (Å²) in [5.74, 6) is 0.828. The normalized spacial score (nSPS) is 14.5. The number of nitrogens with zero attached hydrogens (tertiary/aromatic N) is 4. The molecule has 0 radical (unpaired) electrons. The lowest BCUT2D eigenvalue weighted by Gasteiger charge is -2.27. The molecule has 4 heteroatoms. The van der Waals surface area contributed by atoms with Gasteiger partial charge in [-0.3, -0.25) is 4.57 Å². The fourth-order valence-corrected chi connectivity index (χ4v) is 10.9. The lowest BCUT2D eigenvalue weighted by molar-refractivity contribution is 0.639. The quantitative estimate of drug-likeness (QED) is 0.137. The van der Waals surface area contributed by atoms with E-state index in [2.05, 4.69) is 153 Å². The first-order valence-corrected chi connectivity index (χ1v) is 24.0. The zero-order valence-electron chi connectivity index (χ0n) is 50.3. The molecule has 4 nitrogen and oxygen atoms in total. The number of anilines is 4. The number of rotatable bonds is 10. The van der Waals surface area contributed by atoms with Crippen LogP contribution in [0.25, 0.3) is 61.0 Å². The van der Waals surface area contributed by atoms with Crippen LogP contribution < -0.4 is 9.80 Å². The third-order valence-electron chi connectivity index (χ3n) is 14.2. The van der Waals surface area contributed by atoms with Crippen molar-refractivity contribution in [2.45, 2.75) is 46.5 Å². The Morgan fingerprint density at radius 2 is 1.15 bits per heavy atom. The average molecular weight is 927 g/mol. The highest BCUT2D eigenvalue weighted by atomic mass is 15.4. The monoisotopic (exact) mass is 927 g/mol. The SMILES string of the molecule is [2H]c1c([2H])c([2H])c(-c2cccc(-c3c([2H])c([2H])c([2H])c([2H])c3[2H])c2N2CN(c3cc(Cc4ccc5c6ccccc6n(-c6cc(C(C)(C)c7ccccc7)ccn6)c5c4)cc(-c4c(C)cc(C)cc4C)c3)c3ccccc32)c([2H])c1[2H]. The summed E-state index contributed by atoms with van der Waals surface area (Å²) in [6.07, 6.45) is 2.47. The number of aromatic nitrogens is 2. The molecule has 2 aromatic heterocycles. The van der Waals surface area contributed by atoms with Crippen molar-refractivity contribution in [3.63, 3.8) is 0 Å². The second kappa shape index (κ2) is 17.8. The molecule has 11 aromatic rings. The van der Waals surface area contributed by atoms with E-state index in [-0.39, 0.29) is 34.3 Å². The van der Waals surface area contributed by atoms with E-state index in [1.54, 1.807) is 18.2 Å². The molecule has 0 fully saturated rings. The fourth-order valence-electron chi connectivity index (χ4n) is 10.9. The first-order valence-electron chi connectivity index (χ1n) is 29.0. The van der Waals surface area contributed by atoms with Gasteiger partial charge in [0.15, 0.2) is 0 Å². The van der Waals surface area contributed by atoms with Gasteiger partial charge in [-0.15, -0.1) is 0 Å². The standard InChI is InChI=1S/C67H56N4/c1-45-36-46(2)65(47(3)37-45)52-39-49(38-48-32-33-59-58-26-15-16-29-60(58)71(63(59)41-48)64-43-54(34-35-68-64)67(4,5)53-24-13-8-14-25-53)40-55(42-52)69-44-70(62-31-18-17-30-61(62)69)66-56(50-20-9-6-10-21-50)27-19-28-57(66)51-22-11-7-12-23-51/h6-37,39-43H,38,44H2,1-5H3/i6D,7D,9D,10D,11D,12D,20D,21D,22D,23D. The van der Waals surface area contributed by atoms with Crippen LogP contribution in [0.1, 0.15) is 66.5 Å². The van der Waals surface area contributed by atoms with Crippen molar-refractivity contribution in [1.82, 2.24) is 9.55 Å². The Kier molecular flexibility index (Phi) is 8.51. The van der Waals surface area contributed by atoms with E-state index in [0.29, 0.717) is 17.8 Å². The van der Waals surface area contributed by atoms with Gasteiger partial charge < -0.3 is 9.80 Å². The van der Waals surface area contributed by atoms with Gasteiger partial charge in [-0.2, -0.15) is 0 Å². The van der Waals surface area contributed by atoms with Gasteiger partial charge in [0.1, 0.15) is 12.5 Å². The van der Waals surface area contributed by atoms with Crippen LogP contribution in [-0.2, 0) is 11.8 Å². The van der Waals surface area contributed by atoms with Crippen LogP contribution in [0.15, 0.2) is 224 Å². The van der Waals surface area contributed by atoms with Crippen LogP contribution >= 0.6 is 0 Å². The number of fused-ring (bicyclic) bond motifs is 4. The number of hydrogen-bond acceptors (Lipinski definition) is 3. The lowest BCUT2D eigenvalue weighted by Crippen LogP contribution is -2.25. The summed E-state index contributed by atoms with van der Waals surface area (Å²) < 4.78 is 91.0. The molecule has 0 atom stereocenters. The summed E-state index contributed by atoms with van der Waals surface area (Å²) in [7, 11) is 0. The molecule has 0 N–H and O–H groups in total. The molecular weight excluding hydrogens is 861 g/mol. The van der Waals surface area contributed by atoms with Gasteiger partial charge in [0.05, 0.1) is 41.8 Å². The summed E-state index contributed by atoms with van der Waals surface area (Å²) >= 11 is 0. The second-order valence-corrected chi connectivity index (χ2v) is 19.1. The highest BCUT2D eigenvalue weighted by molar-refractivity contribution is 6.09. The minimum atomic E-state index is -0.544. The van der Waals surface area contributed by atoms with E-state index in [0.717, 1.165) is 83.5 Å². The van der Waals surface area contributed by atoms with E-state index in [4.69, 9.17) is 13.2 Å². The van der Waals surface area contributed by atoms with E-state index >= 15 is 0 Å². The summed E-state index contributed by atoms with van der Waals surface area (Å²) in [6, 6.07) is 49.0. The molecule has 3 heterocycles. The molecular formula is C67H56N4. The lowest BCUT2D eigenvalue weighted by atomic mass is 9.78. The zero-order valence-corrected chi connectivity index (χ0v) is 40.3. The summed E-state index contributed by atoms with van der Waals surface area (Å²) in [4.78, 5) is 9.17. The summed E-state index contributed by atoms with van der Waals surface area (Å²) in [6.45, 7) is 11.0. The van der Waals surface area contributed by atoms with Crippen molar-refractivity contribution in [3.05, 3.63) is 263 Å². The van der Waals surface area contributed by atoms with Crippen LogP contribution in [0.2, 0.25) is 0 Å². The number of benzene rings is 9. The van der Waals surface area contributed by atoms with Gasteiger partial charge >= 0.3 is 0 Å². The smallest absolute Gasteiger partial charge is 0.137 e. The van der Waals surface area contributed by atoms with Crippen molar-refractivity contribution in [3.8, 4) is 39.2 Å². The average Bonchev–Trinajstić information content (AvgIpc) is 4.14. The van der Waals surface area contributed by atoms with Crippen molar-refractivity contribution in [2.75, 3.05) is 16.5 Å². The van der Waals surface area contributed by atoms with E-state index in [1.165, 1.54) is 5.56 Å². The second-order valence-electron chi connectivity index (χ2n) is 19.1. The van der Waals surface area contributed by atoms with E-state index in [9.17, 15) is 5.48 Å². The molecule has 1 aliphatic rings. The Morgan fingerprint density at radius 1 is 0.521 bits per heavy atom. The molecule has 0 unspecified atom stereocenters. The van der Waals surface area contributed by atoms with E-state index in [1.807, 2.05) is 41.4 Å². The van der Waals surface area contributed by atoms with E-state index < -0.39 is 60.4 Å². The molecule has 9 aromatic carbocycles. The van der Waals surface area contributed by atoms with Crippen LogP contribution in [-0.4, -0.2) is 16.2 Å². The largest absolute Gasteiger partial charge is 0.321 e. The van der Waals surface area contributed by atoms with Gasteiger partial charge in [-0.25, -0.2) is 4.98 Å². The number of pyridine rings is 1. The number of aryl methyl sites for hydroxylation is 3. The Morgan fingerprint density at radius 3 is 1.86 bits per heavy atom. The van der Waals surface area contributed by atoms with Gasteiger partial charge in [0.2, 0.25) is 0 Å². The summed E-state index contributed by atoms with van der Waals surface area (Å²) in [5.41, 5.74) is 14.9. The fraction of sp³-hybridized carbons (Fsp3) is 0.119. The third-order valence-corrected chi connectivity index (χ3v) is 14.2. The number of para-hydroxylation sites is 4. The Labute approximate surface area is 431 Å². The molecule has 0 saturated heterocycles. The van der Waals surface area contributed by atoms with Crippen molar-refractivity contribution in [2.24, 2.45) is 0 Å². The maximum Gasteiger partial charge on any atom is 0.137 e. The van der Waals surface area contributed by atoms with Crippen LogP contribution in [0.3, 0.4) is 0 Å². The Bertz CT molecular complexity index is 4230. The topological polar surface area (TPSA) is 24.3 Å². The predicted molar refractivity (Wildman–Crippen MR) is 299 cm³/mol. The first kappa shape index (κ1) is 33.9. The number of hydrogen-bond donors (Lipinski definition) is 0. The maximum atomic E-state index is 9.21. The molecule has 0 aliphatic carbocycles. The molecule has 12 rings (SSSR count). The van der Waals surface area contributed by atoms with Gasteiger partial charge in [0.25, 0.3) is 0 Å². The molecule has 71 heavy (non-hydrogen) atoms. The van der Waals surface area contributed by atoms with Crippen LogP contribution in [0, 0.1) is 20.8 Å². The predicted octanol–water partition coefficient (Wildman–Crippen LogP) is 17.3. The molecule has 1 aliphatic heterocycles. The van der Waals surface area contributed by atoms with Gasteiger partial charge in [-0.1, -0.05) is 189 Å². The minimum absolute atomic E-state index is 0.0775. The first-order chi connectivity index (χ1) is 38.8. The van der Waals surface area contributed by atoms with Crippen LogP contribution in [0.5, 0.6) is 0 Å². The molecule has 0 amide bonds. The maximum absolute atomic E-state index is 9.21. The minimum Gasteiger partial charge on any atom is -0.321 e. The highest BCUT2D eigenvalue weighted by Crippen LogP contribution is 2.51. The van der Waals surface area contributed by atoms with Crippen molar-refractivity contribution >= 4 is 44.6 Å².